The second-order valence-corrected chi connectivity index (χ2v) is 8.15. The Balaban J connectivity index is 3.04. The lowest BCUT2D eigenvalue weighted by Gasteiger charge is -2.25. The zero-order chi connectivity index (χ0) is 14.5. The Morgan fingerprint density at radius 2 is 1.84 bits per heavy atom. The van der Waals surface area contributed by atoms with Crippen LogP contribution in [0.15, 0.2) is 30.3 Å². The molecular formula is C14H22ClNO2S. The van der Waals surface area contributed by atoms with Crippen LogP contribution in [0, 0.1) is 0 Å². The number of hydrogen-bond donors (Lipinski definition) is 1. The fourth-order valence-corrected chi connectivity index (χ4v) is 4.02. The van der Waals surface area contributed by atoms with Crippen molar-refractivity contribution in [2.24, 2.45) is 5.73 Å². The summed E-state index contributed by atoms with van der Waals surface area (Å²) in [4.78, 5) is 0. The minimum absolute atomic E-state index is 0.529. The van der Waals surface area contributed by atoms with E-state index in [4.69, 9.17) is 17.3 Å². The zero-order valence-electron chi connectivity index (χ0n) is 11.4. The van der Waals surface area contributed by atoms with Crippen molar-refractivity contribution in [3.8, 4) is 0 Å². The second kappa shape index (κ2) is 7.27. The van der Waals surface area contributed by atoms with E-state index in [1.165, 1.54) is 6.92 Å². The molecule has 0 aromatic heterocycles. The number of benzene rings is 1. The van der Waals surface area contributed by atoms with E-state index >= 15 is 0 Å². The van der Waals surface area contributed by atoms with E-state index in [2.05, 4.69) is 0 Å². The van der Waals surface area contributed by atoms with E-state index in [1.807, 2.05) is 37.3 Å². The van der Waals surface area contributed by atoms with Crippen LogP contribution < -0.4 is 5.73 Å². The third kappa shape index (κ3) is 4.20. The molecule has 1 aromatic carbocycles. The Morgan fingerprint density at radius 1 is 1.26 bits per heavy atom. The van der Waals surface area contributed by atoms with Crippen molar-refractivity contribution in [3.63, 3.8) is 0 Å². The molecule has 0 spiro atoms. The van der Waals surface area contributed by atoms with Crippen LogP contribution in [0.5, 0.6) is 0 Å². The monoisotopic (exact) mass is 303 g/mol. The van der Waals surface area contributed by atoms with Crippen molar-refractivity contribution >= 4 is 21.4 Å². The summed E-state index contributed by atoms with van der Waals surface area (Å²) in [5.74, 6) is 0. The predicted molar refractivity (Wildman–Crippen MR) is 80.9 cm³/mol. The molecule has 0 aliphatic carbocycles. The van der Waals surface area contributed by atoms with Gasteiger partial charge in [0.1, 0.15) is 4.71 Å². The van der Waals surface area contributed by atoms with Gasteiger partial charge in [0, 0.05) is 6.04 Å². The highest BCUT2D eigenvalue weighted by Gasteiger charge is 2.34. The van der Waals surface area contributed by atoms with Crippen molar-refractivity contribution in [3.05, 3.63) is 35.9 Å². The molecule has 0 bridgehead atoms. The fraction of sp³-hybridized carbons (Fsp3) is 0.571. The third-order valence-corrected chi connectivity index (χ3v) is 6.33. The molecule has 5 heteroatoms. The van der Waals surface area contributed by atoms with Gasteiger partial charge in [-0.2, -0.15) is 0 Å². The number of hydrogen-bond acceptors (Lipinski definition) is 3. The summed E-state index contributed by atoms with van der Waals surface area (Å²) in [5, 5.41) is -0.623. The molecule has 1 rings (SSSR count). The summed E-state index contributed by atoms with van der Waals surface area (Å²) >= 11 is 5.83. The van der Waals surface area contributed by atoms with Gasteiger partial charge in [-0.25, -0.2) is 8.42 Å². The van der Waals surface area contributed by atoms with Gasteiger partial charge in [0.15, 0.2) is 9.84 Å². The summed E-state index contributed by atoms with van der Waals surface area (Å²) in [6.07, 6.45) is 2.31. The van der Waals surface area contributed by atoms with Gasteiger partial charge in [0.25, 0.3) is 0 Å². The molecule has 0 saturated heterocycles. The van der Waals surface area contributed by atoms with Gasteiger partial charge in [-0.3, -0.25) is 0 Å². The van der Waals surface area contributed by atoms with Crippen molar-refractivity contribution in [2.75, 3.05) is 0 Å². The molecule has 1 aromatic rings. The Hall–Kier alpha value is -0.580. The quantitative estimate of drug-likeness (QED) is 0.787. The topological polar surface area (TPSA) is 60.2 Å². The van der Waals surface area contributed by atoms with Crippen LogP contribution in [0.25, 0.3) is 0 Å². The summed E-state index contributed by atoms with van der Waals surface area (Å²) in [6.45, 7) is 3.52. The Morgan fingerprint density at radius 3 is 2.32 bits per heavy atom. The average Bonchev–Trinajstić information content (AvgIpc) is 2.39. The van der Waals surface area contributed by atoms with Crippen molar-refractivity contribution in [2.45, 2.75) is 49.1 Å². The first kappa shape index (κ1) is 16.5. The van der Waals surface area contributed by atoms with Gasteiger partial charge < -0.3 is 5.73 Å². The molecule has 3 nitrogen and oxygen atoms in total. The van der Waals surface area contributed by atoms with Crippen LogP contribution in [0.4, 0.5) is 0 Å². The lowest BCUT2D eigenvalue weighted by Crippen LogP contribution is -2.37. The largest absolute Gasteiger partial charge is 0.323 e. The van der Waals surface area contributed by atoms with Gasteiger partial charge in [0.2, 0.25) is 0 Å². The molecule has 19 heavy (non-hydrogen) atoms. The smallest absolute Gasteiger partial charge is 0.171 e. The van der Waals surface area contributed by atoms with Gasteiger partial charge in [-0.1, -0.05) is 50.1 Å². The highest BCUT2D eigenvalue weighted by atomic mass is 35.5. The van der Waals surface area contributed by atoms with Crippen molar-refractivity contribution < 1.29 is 8.42 Å². The molecular weight excluding hydrogens is 282 g/mol. The molecule has 0 amide bonds. The molecule has 0 aliphatic heterocycles. The summed E-state index contributed by atoms with van der Waals surface area (Å²) in [7, 11) is -3.42. The molecule has 3 atom stereocenters. The minimum atomic E-state index is -3.42. The molecule has 0 saturated carbocycles. The standard InChI is InChI=1S/C14H22ClNO2S/c1-3-4-10-13(19(17,18)11(2)15)14(16)12-8-6-5-7-9-12/h5-9,11,13-14H,3-4,10,16H2,1-2H3. The van der Waals surface area contributed by atoms with Gasteiger partial charge in [-0.15, -0.1) is 11.6 Å². The molecule has 3 unspecified atom stereocenters. The van der Waals surface area contributed by atoms with Crippen LogP contribution in [0.2, 0.25) is 0 Å². The van der Waals surface area contributed by atoms with Crippen molar-refractivity contribution in [1.82, 2.24) is 0 Å². The normalized spacial score (nSPS) is 16.8. The number of nitrogens with two attached hydrogens (primary N) is 1. The number of sulfone groups is 1. The Bertz CT molecular complexity index is 473. The van der Waals surface area contributed by atoms with Crippen LogP contribution in [-0.2, 0) is 9.84 Å². The first-order valence-electron chi connectivity index (χ1n) is 6.58. The molecule has 0 heterocycles. The van der Waals surface area contributed by atoms with Crippen LogP contribution >= 0.6 is 11.6 Å². The summed E-state index contributed by atoms with van der Waals surface area (Å²) in [5.41, 5.74) is 7.00. The van der Waals surface area contributed by atoms with Gasteiger partial charge >= 0.3 is 0 Å². The second-order valence-electron chi connectivity index (χ2n) is 4.75. The maximum absolute atomic E-state index is 12.3. The van der Waals surface area contributed by atoms with E-state index in [9.17, 15) is 8.42 Å². The number of halogens is 1. The van der Waals surface area contributed by atoms with Crippen LogP contribution in [0.1, 0.15) is 44.7 Å². The number of alkyl halides is 1. The minimum Gasteiger partial charge on any atom is -0.323 e. The Kier molecular flexibility index (Phi) is 6.30. The molecule has 0 fully saturated rings. The fourth-order valence-electron chi connectivity index (χ4n) is 2.08. The van der Waals surface area contributed by atoms with Gasteiger partial charge in [-0.05, 0) is 18.9 Å². The van der Waals surface area contributed by atoms with E-state index < -0.39 is 25.8 Å². The molecule has 0 radical (unpaired) electrons. The SMILES string of the molecule is CCCCC(C(N)c1ccccc1)S(=O)(=O)C(C)Cl. The van der Waals surface area contributed by atoms with Crippen LogP contribution in [0.3, 0.4) is 0 Å². The highest BCUT2D eigenvalue weighted by Crippen LogP contribution is 2.28. The number of rotatable bonds is 7. The van der Waals surface area contributed by atoms with E-state index in [0.29, 0.717) is 6.42 Å². The maximum atomic E-state index is 12.3. The van der Waals surface area contributed by atoms with E-state index in [0.717, 1.165) is 18.4 Å². The summed E-state index contributed by atoms with van der Waals surface area (Å²) < 4.78 is 23.8. The number of unbranched alkanes of at least 4 members (excludes halogenated alkanes) is 1. The molecule has 2 N–H and O–H groups in total. The average molecular weight is 304 g/mol. The maximum Gasteiger partial charge on any atom is 0.171 e. The van der Waals surface area contributed by atoms with E-state index in [-0.39, 0.29) is 0 Å². The first-order chi connectivity index (χ1) is 8.91. The van der Waals surface area contributed by atoms with Crippen molar-refractivity contribution in [1.29, 1.82) is 0 Å². The van der Waals surface area contributed by atoms with Gasteiger partial charge in [0.05, 0.1) is 5.25 Å². The highest BCUT2D eigenvalue weighted by molar-refractivity contribution is 7.93. The predicted octanol–water partition coefficient (Wildman–Crippen LogP) is 3.24. The third-order valence-electron chi connectivity index (χ3n) is 3.30. The van der Waals surface area contributed by atoms with Crippen LogP contribution in [-0.4, -0.2) is 18.4 Å². The van der Waals surface area contributed by atoms with E-state index in [1.54, 1.807) is 0 Å². The lowest BCUT2D eigenvalue weighted by atomic mass is 10.0. The summed E-state index contributed by atoms with van der Waals surface area (Å²) in [6, 6.07) is 8.80. The lowest BCUT2D eigenvalue weighted by molar-refractivity contribution is 0.526. The Labute approximate surface area is 121 Å². The molecule has 0 aliphatic rings. The molecule has 108 valence electrons. The zero-order valence-corrected chi connectivity index (χ0v) is 13.0. The first-order valence-corrected chi connectivity index (χ1v) is 8.63.